The van der Waals surface area contributed by atoms with Crippen molar-refractivity contribution in [2.24, 2.45) is 5.73 Å². The fraction of sp³-hybridized carbons (Fsp3) is 0.750. The molecule has 0 aromatic carbocycles. The maximum Gasteiger partial charge on any atom is 0.330 e. The maximum absolute atomic E-state index is 11.0. The Morgan fingerprint density at radius 2 is 1.92 bits per heavy atom. The molecule has 1 unspecified atom stereocenters. The van der Waals surface area contributed by atoms with E-state index >= 15 is 0 Å². The lowest BCUT2D eigenvalue weighted by atomic mass is 10.1. The van der Waals surface area contributed by atoms with Gasteiger partial charge in [-0.15, -0.1) is 0 Å². The van der Waals surface area contributed by atoms with Crippen LogP contribution in [-0.2, 0) is 14.3 Å². The lowest BCUT2D eigenvalue weighted by Gasteiger charge is -2.11. The SMILES string of the molecule is CCC(=O)C(N)C(=O)OC(C)C. The first kappa shape index (κ1) is 11.1. The number of esters is 1. The van der Waals surface area contributed by atoms with Gasteiger partial charge < -0.3 is 10.5 Å². The second kappa shape index (κ2) is 4.87. The average Bonchev–Trinajstić information content (AvgIpc) is 2.00. The van der Waals surface area contributed by atoms with E-state index in [0.717, 1.165) is 0 Å². The van der Waals surface area contributed by atoms with Crippen molar-refractivity contribution in [3.8, 4) is 0 Å². The molecule has 0 rings (SSSR count). The first-order valence-electron chi connectivity index (χ1n) is 3.97. The van der Waals surface area contributed by atoms with Crippen LogP contribution in [0.15, 0.2) is 0 Å². The van der Waals surface area contributed by atoms with Crippen LogP contribution >= 0.6 is 0 Å². The van der Waals surface area contributed by atoms with E-state index in [0.29, 0.717) is 0 Å². The predicted octanol–water partition coefficient (Wildman–Crippen LogP) is 0.244. The Morgan fingerprint density at radius 1 is 1.42 bits per heavy atom. The van der Waals surface area contributed by atoms with Gasteiger partial charge >= 0.3 is 5.97 Å². The number of Topliss-reactive ketones (excluding diaryl/α,β-unsaturated/α-hetero) is 1. The number of hydrogen-bond donors (Lipinski definition) is 1. The summed E-state index contributed by atoms with van der Waals surface area (Å²) < 4.78 is 4.75. The Morgan fingerprint density at radius 3 is 2.25 bits per heavy atom. The molecule has 70 valence electrons. The van der Waals surface area contributed by atoms with Crippen molar-refractivity contribution in [2.75, 3.05) is 0 Å². The molecule has 0 saturated heterocycles. The second-order valence-electron chi connectivity index (χ2n) is 2.78. The van der Waals surface area contributed by atoms with Crippen molar-refractivity contribution in [2.45, 2.75) is 39.3 Å². The molecule has 0 radical (unpaired) electrons. The molecule has 0 aliphatic rings. The van der Waals surface area contributed by atoms with Crippen LogP contribution in [0.4, 0.5) is 0 Å². The number of ether oxygens (including phenoxy) is 1. The number of carbonyl (C=O) groups is 2. The second-order valence-corrected chi connectivity index (χ2v) is 2.78. The molecule has 0 spiro atoms. The Kier molecular flexibility index (Phi) is 4.51. The third-order valence-electron chi connectivity index (χ3n) is 1.30. The van der Waals surface area contributed by atoms with Gasteiger partial charge in [0.15, 0.2) is 11.8 Å². The number of ketones is 1. The van der Waals surface area contributed by atoms with Crippen LogP contribution in [0.1, 0.15) is 27.2 Å². The summed E-state index contributed by atoms with van der Waals surface area (Å²) in [5.41, 5.74) is 5.30. The molecule has 0 bridgehead atoms. The topological polar surface area (TPSA) is 69.4 Å². The first-order valence-corrected chi connectivity index (χ1v) is 3.97. The third kappa shape index (κ3) is 3.48. The van der Waals surface area contributed by atoms with Crippen molar-refractivity contribution in [1.82, 2.24) is 0 Å². The van der Waals surface area contributed by atoms with E-state index in [1.165, 1.54) is 0 Å². The molecule has 4 nitrogen and oxygen atoms in total. The fourth-order valence-corrected chi connectivity index (χ4v) is 0.657. The number of carbonyl (C=O) groups excluding carboxylic acids is 2. The molecular formula is C8H15NO3. The van der Waals surface area contributed by atoms with Crippen molar-refractivity contribution >= 4 is 11.8 Å². The lowest BCUT2D eigenvalue weighted by molar-refractivity contribution is -0.151. The normalized spacial score (nSPS) is 12.8. The van der Waals surface area contributed by atoms with Crippen LogP contribution in [0, 0.1) is 0 Å². The highest BCUT2D eigenvalue weighted by Gasteiger charge is 2.22. The van der Waals surface area contributed by atoms with Crippen molar-refractivity contribution in [3.05, 3.63) is 0 Å². The predicted molar refractivity (Wildman–Crippen MR) is 44.5 cm³/mol. The highest BCUT2D eigenvalue weighted by molar-refractivity contribution is 6.02. The lowest BCUT2D eigenvalue weighted by Crippen LogP contribution is -2.40. The largest absolute Gasteiger partial charge is 0.461 e. The van der Waals surface area contributed by atoms with E-state index in [1.807, 2.05) is 0 Å². The Bertz CT molecular complexity index is 177. The van der Waals surface area contributed by atoms with Crippen molar-refractivity contribution < 1.29 is 14.3 Å². The van der Waals surface area contributed by atoms with Gasteiger partial charge in [0.1, 0.15) is 0 Å². The standard InChI is InChI=1S/C8H15NO3/c1-4-6(10)7(9)8(11)12-5(2)3/h5,7H,4,9H2,1-3H3. The minimum atomic E-state index is -1.11. The monoisotopic (exact) mass is 173 g/mol. The van der Waals surface area contributed by atoms with Gasteiger partial charge in [-0.25, -0.2) is 4.79 Å². The molecule has 0 saturated carbocycles. The molecule has 4 heteroatoms. The summed E-state index contributed by atoms with van der Waals surface area (Å²) in [6.45, 7) is 5.08. The van der Waals surface area contributed by atoms with Gasteiger partial charge in [-0.1, -0.05) is 6.92 Å². The van der Waals surface area contributed by atoms with E-state index in [4.69, 9.17) is 10.5 Å². The van der Waals surface area contributed by atoms with E-state index < -0.39 is 12.0 Å². The molecular weight excluding hydrogens is 158 g/mol. The van der Waals surface area contributed by atoms with Gasteiger partial charge in [-0.2, -0.15) is 0 Å². The molecule has 0 aliphatic heterocycles. The van der Waals surface area contributed by atoms with Crippen molar-refractivity contribution in [3.63, 3.8) is 0 Å². The molecule has 0 aromatic heterocycles. The van der Waals surface area contributed by atoms with Crippen LogP contribution in [0.25, 0.3) is 0 Å². The summed E-state index contributed by atoms with van der Waals surface area (Å²) in [5, 5.41) is 0. The molecule has 0 aromatic rings. The van der Waals surface area contributed by atoms with Crippen LogP contribution in [-0.4, -0.2) is 23.9 Å². The first-order chi connectivity index (χ1) is 5.49. The third-order valence-corrected chi connectivity index (χ3v) is 1.30. The van der Waals surface area contributed by atoms with Crippen LogP contribution in [0.3, 0.4) is 0 Å². The van der Waals surface area contributed by atoms with Crippen molar-refractivity contribution in [1.29, 1.82) is 0 Å². The van der Waals surface area contributed by atoms with E-state index in [2.05, 4.69) is 0 Å². The summed E-state index contributed by atoms with van der Waals surface area (Å²) in [7, 11) is 0. The zero-order valence-corrected chi connectivity index (χ0v) is 7.66. The van der Waals surface area contributed by atoms with Gasteiger partial charge in [0.05, 0.1) is 6.10 Å². The van der Waals surface area contributed by atoms with Gasteiger partial charge in [-0.3, -0.25) is 4.79 Å². The summed E-state index contributed by atoms with van der Waals surface area (Å²) >= 11 is 0. The molecule has 1 atom stereocenters. The summed E-state index contributed by atoms with van der Waals surface area (Å²) in [6, 6.07) is -1.11. The number of rotatable bonds is 4. The molecule has 2 N–H and O–H groups in total. The Balaban J connectivity index is 4.01. The average molecular weight is 173 g/mol. The number of nitrogens with two attached hydrogens (primary N) is 1. The smallest absolute Gasteiger partial charge is 0.330 e. The molecule has 0 heterocycles. The molecule has 0 amide bonds. The van der Waals surface area contributed by atoms with E-state index in [-0.39, 0.29) is 18.3 Å². The van der Waals surface area contributed by atoms with Crippen LogP contribution in [0.2, 0.25) is 0 Å². The minimum Gasteiger partial charge on any atom is -0.461 e. The van der Waals surface area contributed by atoms with Crippen LogP contribution in [0.5, 0.6) is 0 Å². The molecule has 0 aliphatic carbocycles. The highest BCUT2D eigenvalue weighted by Crippen LogP contribution is 1.95. The quantitative estimate of drug-likeness (QED) is 0.488. The van der Waals surface area contributed by atoms with E-state index in [1.54, 1.807) is 20.8 Å². The zero-order valence-electron chi connectivity index (χ0n) is 7.66. The number of hydrogen-bond acceptors (Lipinski definition) is 4. The fourth-order valence-electron chi connectivity index (χ4n) is 0.657. The van der Waals surface area contributed by atoms with Crippen LogP contribution < -0.4 is 5.73 Å². The Labute approximate surface area is 72.1 Å². The van der Waals surface area contributed by atoms with Gasteiger partial charge in [0, 0.05) is 6.42 Å². The van der Waals surface area contributed by atoms with E-state index in [9.17, 15) is 9.59 Å². The summed E-state index contributed by atoms with van der Waals surface area (Å²) in [4.78, 5) is 21.9. The zero-order chi connectivity index (χ0) is 9.72. The Hall–Kier alpha value is -0.900. The molecule has 12 heavy (non-hydrogen) atoms. The maximum atomic E-state index is 11.0. The van der Waals surface area contributed by atoms with Gasteiger partial charge in [0.25, 0.3) is 0 Å². The summed E-state index contributed by atoms with van der Waals surface area (Å²) in [5.74, 6) is -0.933. The minimum absolute atomic E-state index is 0.229. The highest BCUT2D eigenvalue weighted by atomic mass is 16.5. The van der Waals surface area contributed by atoms with Gasteiger partial charge in [0.2, 0.25) is 0 Å². The summed E-state index contributed by atoms with van der Waals surface area (Å²) in [6.07, 6.45) is 0.0298. The van der Waals surface area contributed by atoms with Gasteiger partial charge in [-0.05, 0) is 13.8 Å². The molecule has 0 fully saturated rings.